The van der Waals surface area contributed by atoms with Crippen molar-refractivity contribution in [2.24, 2.45) is 0 Å². The number of aromatic nitrogens is 1. The SMILES string of the molecule is CN(Cc1ccccc1F)C(=O)c1ccncc1. The van der Waals surface area contributed by atoms with E-state index in [2.05, 4.69) is 4.98 Å². The molecule has 1 aromatic carbocycles. The predicted octanol–water partition coefficient (Wildman–Crippen LogP) is 2.49. The van der Waals surface area contributed by atoms with Crippen LogP contribution < -0.4 is 0 Å². The van der Waals surface area contributed by atoms with Crippen LogP contribution in [0.25, 0.3) is 0 Å². The van der Waals surface area contributed by atoms with E-state index in [0.717, 1.165) is 0 Å². The van der Waals surface area contributed by atoms with Gasteiger partial charge in [-0.15, -0.1) is 0 Å². The third-order valence-electron chi connectivity index (χ3n) is 2.64. The lowest BCUT2D eigenvalue weighted by molar-refractivity contribution is 0.0783. The summed E-state index contributed by atoms with van der Waals surface area (Å²) in [5.41, 5.74) is 1.05. The van der Waals surface area contributed by atoms with Gasteiger partial charge in [0.25, 0.3) is 5.91 Å². The van der Waals surface area contributed by atoms with Crippen molar-refractivity contribution in [1.29, 1.82) is 0 Å². The minimum absolute atomic E-state index is 0.152. The molecule has 1 aromatic heterocycles. The van der Waals surface area contributed by atoms with Gasteiger partial charge in [-0.3, -0.25) is 9.78 Å². The molecule has 0 unspecified atom stereocenters. The molecular formula is C14H13FN2O. The Bertz CT molecular complexity index is 543. The molecule has 0 aliphatic heterocycles. The van der Waals surface area contributed by atoms with Gasteiger partial charge in [0.1, 0.15) is 5.82 Å². The zero-order chi connectivity index (χ0) is 13.0. The first-order valence-corrected chi connectivity index (χ1v) is 5.57. The van der Waals surface area contributed by atoms with Gasteiger partial charge in [0.2, 0.25) is 0 Å². The van der Waals surface area contributed by atoms with Gasteiger partial charge in [0.05, 0.1) is 0 Å². The first-order chi connectivity index (χ1) is 8.68. The Morgan fingerprint density at radius 2 is 1.89 bits per heavy atom. The Labute approximate surface area is 105 Å². The summed E-state index contributed by atoms with van der Waals surface area (Å²) in [5.74, 6) is -0.451. The van der Waals surface area contributed by atoms with E-state index in [4.69, 9.17) is 0 Å². The van der Waals surface area contributed by atoms with E-state index in [9.17, 15) is 9.18 Å². The fourth-order valence-electron chi connectivity index (χ4n) is 1.67. The molecule has 0 spiro atoms. The quantitative estimate of drug-likeness (QED) is 0.831. The Kier molecular flexibility index (Phi) is 3.67. The van der Waals surface area contributed by atoms with E-state index in [1.165, 1.54) is 11.0 Å². The zero-order valence-electron chi connectivity index (χ0n) is 10.0. The zero-order valence-corrected chi connectivity index (χ0v) is 10.0. The van der Waals surface area contributed by atoms with Gasteiger partial charge < -0.3 is 4.90 Å². The van der Waals surface area contributed by atoms with Gasteiger partial charge in [-0.25, -0.2) is 4.39 Å². The van der Waals surface area contributed by atoms with Gasteiger partial charge in [-0.1, -0.05) is 18.2 Å². The number of carbonyl (C=O) groups is 1. The molecule has 0 aliphatic rings. The van der Waals surface area contributed by atoms with Gasteiger partial charge in [0, 0.05) is 37.1 Å². The van der Waals surface area contributed by atoms with Crippen molar-refractivity contribution in [1.82, 2.24) is 9.88 Å². The highest BCUT2D eigenvalue weighted by Gasteiger charge is 2.13. The Hall–Kier alpha value is -2.23. The number of rotatable bonds is 3. The lowest BCUT2D eigenvalue weighted by Gasteiger charge is -2.17. The summed E-state index contributed by atoms with van der Waals surface area (Å²) in [4.78, 5) is 17.4. The van der Waals surface area contributed by atoms with Gasteiger partial charge in [-0.05, 0) is 18.2 Å². The van der Waals surface area contributed by atoms with Crippen molar-refractivity contribution in [3.63, 3.8) is 0 Å². The highest BCUT2D eigenvalue weighted by atomic mass is 19.1. The number of halogens is 1. The molecule has 2 rings (SSSR count). The average molecular weight is 244 g/mol. The number of amides is 1. The maximum atomic E-state index is 13.5. The lowest BCUT2D eigenvalue weighted by atomic mass is 10.2. The summed E-state index contributed by atoms with van der Waals surface area (Å²) in [7, 11) is 1.65. The Morgan fingerprint density at radius 1 is 1.22 bits per heavy atom. The van der Waals surface area contributed by atoms with Gasteiger partial charge >= 0.3 is 0 Å². The highest BCUT2D eigenvalue weighted by Crippen LogP contribution is 2.11. The lowest BCUT2D eigenvalue weighted by Crippen LogP contribution is -2.26. The molecule has 0 saturated carbocycles. The number of carbonyl (C=O) groups excluding carboxylic acids is 1. The van der Waals surface area contributed by atoms with Crippen LogP contribution in [-0.4, -0.2) is 22.8 Å². The molecule has 0 radical (unpaired) electrons. The standard InChI is InChI=1S/C14H13FN2O/c1-17(10-12-4-2-3-5-13(12)15)14(18)11-6-8-16-9-7-11/h2-9H,10H2,1H3. The third-order valence-corrected chi connectivity index (χ3v) is 2.64. The molecule has 0 saturated heterocycles. The number of nitrogens with zero attached hydrogens (tertiary/aromatic N) is 2. The van der Waals surface area contributed by atoms with E-state index < -0.39 is 0 Å². The molecule has 1 amide bonds. The largest absolute Gasteiger partial charge is 0.337 e. The molecular weight excluding hydrogens is 231 g/mol. The normalized spacial score (nSPS) is 10.1. The summed E-state index contributed by atoms with van der Waals surface area (Å²) in [6, 6.07) is 9.72. The van der Waals surface area contributed by atoms with Crippen molar-refractivity contribution >= 4 is 5.91 Å². The molecule has 0 atom stereocenters. The van der Waals surface area contributed by atoms with E-state index in [-0.39, 0.29) is 18.3 Å². The van der Waals surface area contributed by atoms with Crippen molar-refractivity contribution in [2.45, 2.75) is 6.54 Å². The third kappa shape index (κ3) is 2.71. The van der Waals surface area contributed by atoms with Crippen molar-refractivity contribution in [2.75, 3.05) is 7.05 Å². The van der Waals surface area contributed by atoms with Crippen molar-refractivity contribution in [3.05, 3.63) is 65.7 Å². The van der Waals surface area contributed by atoms with Crippen molar-refractivity contribution in [3.8, 4) is 0 Å². The van der Waals surface area contributed by atoms with E-state index in [1.54, 1.807) is 49.8 Å². The summed E-state index contributed by atoms with van der Waals surface area (Å²) >= 11 is 0. The monoisotopic (exact) mass is 244 g/mol. The highest BCUT2D eigenvalue weighted by molar-refractivity contribution is 5.93. The van der Waals surface area contributed by atoms with Crippen LogP contribution in [0.5, 0.6) is 0 Å². The first-order valence-electron chi connectivity index (χ1n) is 5.57. The summed E-state index contributed by atoms with van der Waals surface area (Å²) in [5, 5.41) is 0. The second-order valence-electron chi connectivity index (χ2n) is 3.99. The molecule has 3 nitrogen and oxygen atoms in total. The van der Waals surface area contributed by atoms with Crippen LogP contribution in [0.2, 0.25) is 0 Å². The van der Waals surface area contributed by atoms with Gasteiger partial charge in [0.15, 0.2) is 0 Å². The van der Waals surface area contributed by atoms with Crippen molar-refractivity contribution < 1.29 is 9.18 Å². The molecule has 18 heavy (non-hydrogen) atoms. The molecule has 0 fully saturated rings. The van der Waals surface area contributed by atoms with E-state index in [0.29, 0.717) is 11.1 Å². The Morgan fingerprint density at radius 3 is 2.56 bits per heavy atom. The molecule has 2 aromatic rings. The van der Waals surface area contributed by atoms with Crippen LogP contribution in [0.4, 0.5) is 4.39 Å². The predicted molar refractivity (Wildman–Crippen MR) is 66.4 cm³/mol. The smallest absolute Gasteiger partial charge is 0.254 e. The minimum atomic E-state index is -0.299. The minimum Gasteiger partial charge on any atom is -0.337 e. The first kappa shape index (κ1) is 12.2. The topological polar surface area (TPSA) is 33.2 Å². The number of hydrogen-bond donors (Lipinski definition) is 0. The summed E-state index contributed by atoms with van der Waals surface area (Å²) in [6.07, 6.45) is 3.12. The Balaban J connectivity index is 2.11. The van der Waals surface area contributed by atoms with Gasteiger partial charge in [-0.2, -0.15) is 0 Å². The number of pyridine rings is 1. The molecule has 1 heterocycles. The van der Waals surface area contributed by atoms with Crippen LogP contribution >= 0.6 is 0 Å². The number of hydrogen-bond acceptors (Lipinski definition) is 2. The maximum Gasteiger partial charge on any atom is 0.254 e. The van der Waals surface area contributed by atoms with E-state index >= 15 is 0 Å². The van der Waals surface area contributed by atoms with Crippen LogP contribution in [0.15, 0.2) is 48.8 Å². The average Bonchev–Trinajstić information content (AvgIpc) is 2.41. The fourth-order valence-corrected chi connectivity index (χ4v) is 1.67. The fraction of sp³-hybridized carbons (Fsp3) is 0.143. The van der Waals surface area contributed by atoms with Crippen LogP contribution in [0.1, 0.15) is 15.9 Å². The summed E-state index contributed by atoms with van der Waals surface area (Å²) < 4.78 is 13.5. The molecule has 0 aliphatic carbocycles. The second kappa shape index (κ2) is 5.40. The summed E-state index contributed by atoms with van der Waals surface area (Å²) in [6.45, 7) is 0.244. The molecule has 92 valence electrons. The van der Waals surface area contributed by atoms with E-state index in [1.807, 2.05) is 0 Å². The van der Waals surface area contributed by atoms with Crippen LogP contribution in [-0.2, 0) is 6.54 Å². The second-order valence-corrected chi connectivity index (χ2v) is 3.99. The van der Waals surface area contributed by atoms with Crippen LogP contribution in [0.3, 0.4) is 0 Å². The maximum absolute atomic E-state index is 13.5. The number of benzene rings is 1. The molecule has 0 N–H and O–H groups in total. The molecule has 4 heteroatoms. The van der Waals surface area contributed by atoms with Crippen LogP contribution in [0, 0.1) is 5.82 Å². The molecule has 0 bridgehead atoms.